The molecule has 1 aliphatic rings. The summed E-state index contributed by atoms with van der Waals surface area (Å²) in [5.74, 6) is -0.0453. The summed E-state index contributed by atoms with van der Waals surface area (Å²) in [7, 11) is -3.29. The Morgan fingerprint density at radius 1 is 1.33 bits per heavy atom. The number of hydrogen-bond acceptors (Lipinski definition) is 3. The zero-order valence-corrected chi connectivity index (χ0v) is 11.2. The fraction of sp³-hybridized carbons (Fsp3) is 0.462. The number of Topliss-reactive ketones (excluding diaryl/α,β-unsaturated/α-hetero) is 1. The SMILES string of the molecule is CCS(=O)(=O)N1CCCC1C(=O)c1ccccc1. The third kappa shape index (κ3) is 2.47. The van der Waals surface area contributed by atoms with Gasteiger partial charge < -0.3 is 0 Å². The minimum atomic E-state index is -3.29. The van der Waals surface area contributed by atoms with E-state index in [-0.39, 0.29) is 11.5 Å². The summed E-state index contributed by atoms with van der Waals surface area (Å²) in [6.07, 6.45) is 1.37. The van der Waals surface area contributed by atoms with E-state index in [1.165, 1.54) is 4.31 Å². The topological polar surface area (TPSA) is 54.5 Å². The maximum absolute atomic E-state index is 12.3. The Morgan fingerprint density at radius 3 is 2.61 bits per heavy atom. The minimum absolute atomic E-state index is 0.0472. The van der Waals surface area contributed by atoms with E-state index in [9.17, 15) is 13.2 Å². The number of benzene rings is 1. The van der Waals surface area contributed by atoms with Crippen molar-refractivity contribution in [3.8, 4) is 0 Å². The van der Waals surface area contributed by atoms with E-state index < -0.39 is 16.1 Å². The number of carbonyl (C=O) groups excluding carboxylic acids is 1. The molecular formula is C13H17NO3S. The quantitative estimate of drug-likeness (QED) is 0.780. The highest BCUT2D eigenvalue weighted by atomic mass is 32.2. The molecule has 0 radical (unpaired) electrons. The van der Waals surface area contributed by atoms with E-state index >= 15 is 0 Å². The van der Waals surface area contributed by atoms with Crippen LogP contribution in [0, 0.1) is 0 Å². The lowest BCUT2D eigenvalue weighted by molar-refractivity contribution is 0.0918. The summed E-state index contributed by atoms with van der Waals surface area (Å²) in [5, 5.41) is 0. The lowest BCUT2D eigenvalue weighted by Crippen LogP contribution is -2.41. The van der Waals surface area contributed by atoms with E-state index in [0.29, 0.717) is 18.5 Å². The van der Waals surface area contributed by atoms with Crippen LogP contribution in [0.4, 0.5) is 0 Å². The second-order valence-electron chi connectivity index (χ2n) is 4.40. The molecule has 0 N–H and O–H groups in total. The average Bonchev–Trinajstić information content (AvgIpc) is 2.89. The van der Waals surface area contributed by atoms with Gasteiger partial charge in [0.2, 0.25) is 10.0 Å². The Morgan fingerprint density at radius 2 is 2.00 bits per heavy atom. The highest BCUT2D eigenvalue weighted by Crippen LogP contribution is 2.24. The predicted molar refractivity (Wildman–Crippen MR) is 70.0 cm³/mol. The van der Waals surface area contributed by atoms with Crippen molar-refractivity contribution in [1.82, 2.24) is 4.31 Å². The molecule has 1 aromatic rings. The smallest absolute Gasteiger partial charge is 0.214 e. The minimum Gasteiger partial charge on any atom is -0.292 e. The number of carbonyl (C=O) groups is 1. The largest absolute Gasteiger partial charge is 0.292 e. The lowest BCUT2D eigenvalue weighted by atomic mass is 10.0. The molecule has 1 saturated heterocycles. The van der Waals surface area contributed by atoms with E-state index in [1.54, 1.807) is 31.2 Å². The molecule has 1 aliphatic heterocycles. The van der Waals surface area contributed by atoms with Crippen molar-refractivity contribution in [2.75, 3.05) is 12.3 Å². The van der Waals surface area contributed by atoms with E-state index in [2.05, 4.69) is 0 Å². The molecule has 0 spiro atoms. The van der Waals surface area contributed by atoms with Gasteiger partial charge in [0.1, 0.15) is 0 Å². The summed E-state index contributed by atoms with van der Waals surface area (Å²) >= 11 is 0. The number of ketones is 1. The van der Waals surface area contributed by atoms with Crippen LogP contribution in [0.25, 0.3) is 0 Å². The molecule has 0 bridgehead atoms. The third-order valence-corrected chi connectivity index (χ3v) is 5.17. The molecule has 2 rings (SSSR count). The Bertz CT molecular complexity index is 524. The first-order valence-electron chi connectivity index (χ1n) is 6.15. The first-order valence-corrected chi connectivity index (χ1v) is 7.76. The van der Waals surface area contributed by atoms with Gasteiger partial charge in [-0.2, -0.15) is 4.31 Å². The van der Waals surface area contributed by atoms with Crippen molar-refractivity contribution in [2.24, 2.45) is 0 Å². The summed E-state index contributed by atoms with van der Waals surface area (Å²) in [4.78, 5) is 12.3. The van der Waals surface area contributed by atoms with Gasteiger partial charge in [0, 0.05) is 12.1 Å². The molecule has 0 aromatic heterocycles. The average molecular weight is 267 g/mol. The molecule has 1 atom stereocenters. The summed E-state index contributed by atoms with van der Waals surface area (Å²) in [5.41, 5.74) is 0.584. The van der Waals surface area contributed by atoms with Crippen LogP contribution in [0.2, 0.25) is 0 Å². The normalized spacial score (nSPS) is 21.1. The Hall–Kier alpha value is -1.20. The molecule has 1 heterocycles. The van der Waals surface area contributed by atoms with Crippen molar-refractivity contribution >= 4 is 15.8 Å². The summed E-state index contributed by atoms with van der Waals surface area (Å²) in [6.45, 7) is 2.07. The summed E-state index contributed by atoms with van der Waals surface area (Å²) in [6, 6.07) is 8.37. The second kappa shape index (κ2) is 5.20. The Balaban J connectivity index is 2.26. The maximum atomic E-state index is 12.3. The zero-order chi connectivity index (χ0) is 13.2. The van der Waals surface area contributed by atoms with Gasteiger partial charge in [-0.1, -0.05) is 30.3 Å². The predicted octanol–water partition coefficient (Wildman–Crippen LogP) is 1.68. The zero-order valence-electron chi connectivity index (χ0n) is 10.4. The van der Waals surface area contributed by atoms with Gasteiger partial charge >= 0.3 is 0 Å². The van der Waals surface area contributed by atoms with Crippen LogP contribution in [0.3, 0.4) is 0 Å². The van der Waals surface area contributed by atoms with Crippen LogP contribution >= 0.6 is 0 Å². The number of sulfonamides is 1. The number of hydrogen-bond donors (Lipinski definition) is 0. The van der Waals surface area contributed by atoms with Crippen molar-refractivity contribution in [3.63, 3.8) is 0 Å². The molecular weight excluding hydrogens is 250 g/mol. The van der Waals surface area contributed by atoms with Crippen LogP contribution in [-0.2, 0) is 10.0 Å². The van der Waals surface area contributed by atoms with Crippen LogP contribution in [0.5, 0.6) is 0 Å². The molecule has 5 heteroatoms. The molecule has 1 unspecified atom stereocenters. The van der Waals surface area contributed by atoms with Gasteiger partial charge in [-0.3, -0.25) is 4.79 Å². The van der Waals surface area contributed by atoms with E-state index in [0.717, 1.165) is 6.42 Å². The summed E-state index contributed by atoms with van der Waals surface area (Å²) < 4.78 is 25.2. The third-order valence-electron chi connectivity index (χ3n) is 3.29. The highest BCUT2D eigenvalue weighted by Gasteiger charge is 2.37. The van der Waals surface area contributed by atoms with Gasteiger partial charge in [-0.25, -0.2) is 8.42 Å². The van der Waals surface area contributed by atoms with Crippen molar-refractivity contribution in [1.29, 1.82) is 0 Å². The molecule has 1 fully saturated rings. The molecule has 4 nitrogen and oxygen atoms in total. The van der Waals surface area contributed by atoms with Crippen LogP contribution in [0.1, 0.15) is 30.1 Å². The second-order valence-corrected chi connectivity index (χ2v) is 6.61. The molecule has 1 aromatic carbocycles. The van der Waals surface area contributed by atoms with Gasteiger partial charge in [0.25, 0.3) is 0 Å². The van der Waals surface area contributed by atoms with Crippen molar-refractivity contribution in [2.45, 2.75) is 25.8 Å². The number of rotatable bonds is 4. The standard InChI is InChI=1S/C13H17NO3S/c1-2-18(16,17)14-10-6-9-12(14)13(15)11-7-4-3-5-8-11/h3-5,7-8,12H,2,6,9-10H2,1H3. The van der Waals surface area contributed by atoms with E-state index in [4.69, 9.17) is 0 Å². The van der Waals surface area contributed by atoms with Crippen LogP contribution < -0.4 is 0 Å². The monoisotopic (exact) mass is 267 g/mol. The lowest BCUT2D eigenvalue weighted by Gasteiger charge is -2.22. The fourth-order valence-electron chi connectivity index (χ4n) is 2.30. The first kappa shape index (κ1) is 13.2. The molecule has 98 valence electrons. The molecule has 0 aliphatic carbocycles. The van der Waals surface area contributed by atoms with Crippen molar-refractivity contribution < 1.29 is 13.2 Å². The van der Waals surface area contributed by atoms with Gasteiger partial charge in [-0.15, -0.1) is 0 Å². The van der Waals surface area contributed by atoms with Gasteiger partial charge in [0.15, 0.2) is 5.78 Å². The maximum Gasteiger partial charge on any atom is 0.214 e. The van der Waals surface area contributed by atoms with Gasteiger partial charge in [0.05, 0.1) is 11.8 Å². The van der Waals surface area contributed by atoms with Crippen LogP contribution in [0.15, 0.2) is 30.3 Å². The highest BCUT2D eigenvalue weighted by molar-refractivity contribution is 7.89. The molecule has 0 amide bonds. The molecule has 0 saturated carbocycles. The number of nitrogens with zero attached hydrogens (tertiary/aromatic N) is 1. The molecule has 18 heavy (non-hydrogen) atoms. The van der Waals surface area contributed by atoms with Crippen LogP contribution in [-0.4, -0.2) is 36.8 Å². The Labute approximate surface area is 108 Å². The van der Waals surface area contributed by atoms with E-state index in [1.807, 2.05) is 6.07 Å². The van der Waals surface area contributed by atoms with Gasteiger partial charge in [-0.05, 0) is 19.8 Å². The van der Waals surface area contributed by atoms with Crippen molar-refractivity contribution in [3.05, 3.63) is 35.9 Å². The Kier molecular flexibility index (Phi) is 3.82. The fourth-order valence-corrected chi connectivity index (χ4v) is 3.62. The first-order chi connectivity index (χ1) is 8.56.